The van der Waals surface area contributed by atoms with Crippen LogP contribution in [0.2, 0.25) is 0 Å². The minimum Gasteiger partial charge on any atom is -0.493 e. The van der Waals surface area contributed by atoms with E-state index in [1.165, 1.54) is 6.08 Å². The lowest BCUT2D eigenvalue weighted by Gasteiger charge is -2.16. The maximum atomic E-state index is 10.7. The highest BCUT2D eigenvalue weighted by Crippen LogP contribution is 2.44. The molecule has 0 saturated carbocycles. The third kappa shape index (κ3) is 4.32. The fourth-order valence-corrected chi connectivity index (χ4v) is 2.71. The van der Waals surface area contributed by atoms with Crippen LogP contribution in [0.15, 0.2) is 48.0 Å². The number of ether oxygens (including phenoxy) is 3. The Morgan fingerprint density at radius 3 is 2.12 bits per heavy atom. The second kappa shape index (κ2) is 8.24. The van der Waals surface area contributed by atoms with E-state index in [9.17, 15) is 4.79 Å². The highest BCUT2D eigenvalue weighted by atomic mass is 16.5. The lowest BCUT2D eigenvalue weighted by Crippen LogP contribution is -1.97. The zero-order valence-corrected chi connectivity index (χ0v) is 14.8. The summed E-state index contributed by atoms with van der Waals surface area (Å²) in [5, 5.41) is 8.79. The van der Waals surface area contributed by atoms with E-state index in [0.29, 0.717) is 23.7 Å². The average molecular weight is 342 g/mol. The molecule has 0 amide bonds. The highest BCUT2D eigenvalue weighted by molar-refractivity contribution is 5.80. The van der Waals surface area contributed by atoms with Crippen LogP contribution in [0, 0.1) is 0 Å². The molecule has 132 valence electrons. The van der Waals surface area contributed by atoms with Crippen molar-refractivity contribution < 1.29 is 24.1 Å². The Bertz CT molecular complexity index is 775. The molecular formula is C20H22O5. The van der Waals surface area contributed by atoms with E-state index in [0.717, 1.165) is 22.3 Å². The van der Waals surface area contributed by atoms with Crippen LogP contribution in [0.4, 0.5) is 0 Å². The van der Waals surface area contributed by atoms with Crippen LogP contribution in [0.3, 0.4) is 0 Å². The van der Waals surface area contributed by atoms with Gasteiger partial charge in [0.05, 0.1) is 21.3 Å². The molecule has 0 aliphatic rings. The first kappa shape index (κ1) is 18.4. The molecule has 0 aromatic heterocycles. The number of carboxylic acid groups (broad SMARTS) is 1. The van der Waals surface area contributed by atoms with Gasteiger partial charge >= 0.3 is 5.97 Å². The quantitative estimate of drug-likeness (QED) is 0.772. The van der Waals surface area contributed by atoms with E-state index in [1.807, 2.05) is 36.4 Å². The van der Waals surface area contributed by atoms with Crippen LogP contribution in [-0.2, 0) is 11.2 Å². The Labute approximate surface area is 147 Å². The molecular weight excluding hydrogens is 320 g/mol. The Morgan fingerprint density at radius 1 is 0.960 bits per heavy atom. The van der Waals surface area contributed by atoms with E-state index in [-0.39, 0.29) is 0 Å². The van der Waals surface area contributed by atoms with Gasteiger partial charge < -0.3 is 19.3 Å². The minimum atomic E-state index is -0.927. The minimum absolute atomic E-state index is 0.548. The third-order valence-corrected chi connectivity index (χ3v) is 3.82. The third-order valence-electron chi connectivity index (χ3n) is 3.82. The van der Waals surface area contributed by atoms with Crippen LogP contribution in [0.25, 0.3) is 11.1 Å². The van der Waals surface area contributed by atoms with Crippen molar-refractivity contribution in [1.82, 2.24) is 0 Å². The fraction of sp³-hybridized carbons (Fsp3) is 0.250. The van der Waals surface area contributed by atoms with Gasteiger partial charge in [0.1, 0.15) is 0 Å². The maximum Gasteiger partial charge on any atom is 0.328 e. The van der Waals surface area contributed by atoms with Gasteiger partial charge in [0.15, 0.2) is 11.5 Å². The van der Waals surface area contributed by atoms with Crippen molar-refractivity contribution in [2.75, 3.05) is 21.3 Å². The number of hydrogen-bond acceptors (Lipinski definition) is 4. The van der Waals surface area contributed by atoms with Gasteiger partial charge in [-0.1, -0.05) is 29.8 Å². The van der Waals surface area contributed by atoms with Gasteiger partial charge in [0.2, 0.25) is 5.75 Å². The second-order valence-corrected chi connectivity index (χ2v) is 5.58. The number of carboxylic acids is 1. The standard InChI is InChI=1S/C20H22O5/c1-13(12-18(21)22)11-14-5-7-15(8-6-14)16-9-10-17(23-2)20(25-4)19(16)24-3/h5-10,12H,11H2,1-4H3,(H,21,22)/b13-12+. The molecule has 0 bridgehead atoms. The molecule has 0 spiro atoms. The number of methoxy groups -OCH3 is 3. The van der Waals surface area contributed by atoms with E-state index >= 15 is 0 Å². The van der Waals surface area contributed by atoms with Crippen LogP contribution >= 0.6 is 0 Å². The van der Waals surface area contributed by atoms with Gasteiger partial charge in [-0.2, -0.15) is 0 Å². The highest BCUT2D eigenvalue weighted by Gasteiger charge is 2.16. The first-order chi connectivity index (χ1) is 12.0. The smallest absolute Gasteiger partial charge is 0.328 e. The van der Waals surface area contributed by atoms with Crippen LogP contribution in [-0.4, -0.2) is 32.4 Å². The monoisotopic (exact) mass is 342 g/mol. The van der Waals surface area contributed by atoms with Crippen LogP contribution < -0.4 is 14.2 Å². The van der Waals surface area contributed by atoms with Crippen molar-refractivity contribution in [1.29, 1.82) is 0 Å². The number of rotatable bonds is 7. The molecule has 0 fully saturated rings. The Kier molecular flexibility index (Phi) is 6.06. The largest absolute Gasteiger partial charge is 0.493 e. The van der Waals surface area contributed by atoms with E-state index in [1.54, 1.807) is 28.3 Å². The van der Waals surface area contributed by atoms with Crippen molar-refractivity contribution in [3.05, 3.63) is 53.6 Å². The molecule has 1 N–H and O–H groups in total. The van der Waals surface area contributed by atoms with Gasteiger partial charge in [-0.3, -0.25) is 0 Å². The Balaban J connectivity index is 2.35. The zero-order valence-electron chi connectivity index (χ0n) is 14.8. The summed E-state index contributed by atoms with van der Waals surface area (Å²) in [6.07, 6.45) is 1.82. The Morgan fingerprint density at radius 2 is 1.60 bits per heavy atom. The topological polar surface area (TPSA) is 65.0 Å². The van der Waals surface area contributed by atoms with Gasteiger partial charge in [-0.15, -0.1) is 0 Å². The Hall–Kier alpha value is -2.95. The molecule has 0 aliphatic carbocycles. The molecule has 0 aliphatic heterocycles. The maximum absolute atomic E-state index is 10.7. The molecule has 2 aromatic carbocycles. The summed E-state index contributed by atoms with van der Waals surface area (Å²) < 4.78 is 16.2. The van der Waals surface area contributed by atoms with Gasteiger partial charge in [0.25, 0.3) is 0 Å². The SMILES string of the molecule is COc1ccc(-c2ccc(C/C(C)=C/C(=O)O)cc2)c(OC)c1OC. The number of allylic oxidation sites excluding steroid dienone is 1. The molecule has 5 heteroatoms. The van der Waals surface area contributed by atoms with E-state index in [4.69, 9.17) is 19.3 Å². The van der Waals surface area contributed by atoms with Crippen molar-refractivity contribution in [3.8, 4) is 28.4 Å². The lowest BCUT2D eigenvalue weighted by atomic mass is 9.99. The molecule has 25 heavy (non-hydrogen) atoms. The van der Waals surface area contributed by atoms with Crippen molar-refractivity contribution in [2.45, 2.75) is 13.3 Å². The molecule has 0 unspecified atom stereocenters. The normalized spacial score (nSPS) is 11.1. The first-order valence-electron chi connectivity index (χ1n) is 7.78. The van der Waals surface area contributed by atoms with Crippen molar-refractivity contribution in [2.24, 2.45) is 0 Å². The molecule has 5 nitrogen and oxygen atoms in total. The van der Waals surface area contributed by atoms with E-state index in [2.05, 4.69) is 0 Å². The molecule has 0 radical (unpaired) electrons. The molecule has 2 rings (SSSR count). The summed E-state index contributed by atoms with van der Waals surface area (Å²) in [5.41, 5.74) is 3.70. The fourth-order valence-electron chi connectivity index (χ4n) is 2.71. The second-order valence-electron chi connectivity index (χ2n) is 5.58. The zero-order chi connectivity index (χ0) is 18.4. The number of carbonyl (C=O) groups is 1. The number of aliphatic carboxylic acids is 1. The molecule has 0 heterocycles. The molecule has 0 saturated heterocycles. The van der Waals surface area contributed by atoms with Crippen molar-refractivity contribution in [3.63, 3.8) is 0 Å². The predicted molar refractivity (Wildman–Crippen MR) is 96.6 cm³/mol. The van der Waals surface area contributed by atoms with Gasteiger partial charge in [-0.25, -0.2) is 4.79 Å². The van der Waals surface area contributed by atoms with E-state index < -0.39 is 5.97 Å². The van der Waals surface area contributed by atoms with Crippen LogP contribution in [0.5, 0.6) is 17.2 Å². The summed E-state index contributed by atoms with van der Waals surface area (Å²) in [7, 11) is 4.75. The summed E-state index contributed by atoms with van der Waals surface area (Å²) in [4.78, 5) is 10.7. The number of benzene rings is 2. The summed E-state index contributed by atoms with van der Waals surface area (Å²) in [6, 6.07) is 11.7. The van der Waals surface area contributed by atoms with Crippen molar-refractivity contribution >= 4 is 5.97 Å². The summed E-state index contributed by atoms with van der Waals surface area (Å²) >= 11 is 0. The average Bonchev–Trinajstić information content (AvgIpc) is 2.60. The lowest BCUT2D eigenvalue weighted by molar-refractivity contribution is -0.131. The van der Waals surface area contributed by atoms with Gasteiger partial charge in [0, 0.05) is 11.6 Å². The summed E-state index contributed by atoms with van der Waals surface area (Å²) in [6.45, 7) is 1.80. The molecule has 0 atom stereocenters. The van der Waals surface area contributed by atoms with Gasteiger partial charge in [-0.05, 0) is 36.6 Å². The predicted octanol–water partition coefficient (Wildman–Crippen LogP) is 3.95. The van der Waals surface area contributed by atoms with Crippen LogP contribution in [0.1, 0.15) is 12.5 Å². The number of hydrogen-bond donors (Lipinski definition) is 1. The molecule has 2 aromatic rings. The summed E-state index contributed by atoms with van der Waals surface area (Å²) in [5.74, 6) is 0.835. The first-order valence-corrected chi connectivity index (χ1v) is 7.78.